The number of hydroxylamine groups is 1. The molecule has 6 heteroatoms. The molecular formula is C20H22N2O4. The summed E-state index contributed by atoms with van der Waals surface area (Å²) in [6.45, 7) is 2.73. The van der Waals surface area contributed by atoms with E-state index >= 15 is 0 Å². The Morgan fingerprint density at radius 3 is 2.00 bits per heavy atom. The fourth-order valence-electron chi connectivity index (χ4n) is 2.34. The summed E-state index contributed by atoms with van der Waals surface area (Å²) in [7, 11) is 0. The molecule has 4 N–H and O–H groups in total. The zero-order valence-electron chi connectivity index (χ0n) is 14.6. The van der Waals surface area contributed by atoms with E-state index in [9.17, 15) is 14.7 Å². The lowest BCUT2D eigenvalue weighted by Crippen LogP contribution is -2.57. The van der Waals surface area contributed by atoms with Crippen molar-refractivity contribution in [1.29, 1.82) is 0 Å². The van der Waals surface area contributed by atoms with E-state index in [1.807, 2.05) is 42.5 Å². The van der Waals surface area contributed by atoms with E-state index in [4.69, 9.17) is 5.21 Å². The molecule has 0 aliphatic heterocycles. The van der Waals surface area contributed by atoms with Gasteiger partial charge >= 0.3 is 0 Å². The average molecular weight is 354 g/mol. The van der Waals surface area contributed by atoms with Gasteiger partial charge in [-0.05, 0) is 37.1 Å². The first-order valence-electron chi connectivity index (χ1n) is 8.11. The van der Waals surface area contributed by atoms with Crippen molar-refractivity contribution in [1.82, 2.24) is 10.8 Å². The van der Waals surface area contributed by atoms with E-state index in [1.54, 1.807) is 24.3 Å². The van der Waals surface area contributed by atoms with Crippen LogP contribution in [0.1, 0.15) is 35.3 Å². The van der Waals surface area contributed by atoms with Crippen molar-refractivity contribution in [2.45, 2.75) is 25.5 Å². The summed E-state index contributed by atoms with van der Waals surface area (Å²) in [5, 5.41) is 21.2. The monoisotopic (exact) mass is 354 g/mol. The second-order valence-corrected chi connectivity index (χ2v) is 6.40. The van der Waals surface area contributed by atoms with Crippen LogP contribution in [0.3, 0.4) is 0 Å². The minimum absolute atomic E-state index is 0.335. The summed E-state index contributed by atoms with van der Waals surface area (Å²) in [5.74, 6) is -1.42. The maximum absolute atomic E-state index is 12.3. The number of benzene rings is 2. The largest absolute Gasteiger partial charge is 0.388 e. The van der Waals surface area contributed by atoms with Gasteiger partial charge in [-0.2, -0.15) is 0 Å². The quantitative estimate of drug-likeness (QED) is 0.363. The lowest BCUT2D eigenvalue weighted by atomic mass is 9.97. The molecule has 26 heavy (non-hydrogen) atoms. The van der Waals surface area contributed by atoms with Gasteiger partial charge in [0.2, 0.25) is 0 Å². The number of hydrogen-bond donors (Lipinski definition) is 4. The molecule has 0 radical (unpaired) electrons. The third kappa shape index (κ3) is 5.27. The highest BCUT2D eigenvalue weighted by molar-refractivity contribution is 5.98. The molecule has 0 unspecified atom stereocenters. The fraction of sp³-hybridized carbons (Fsp3) is 0.200. The molecule has 0 saturated carbocycles. The molecular weight excluding hydrogens is 332 g/mol. The van der Waals surface area contributed by atoms with Crippen molar-refractivity contribution >= 4 is 24.0 Å². The van der Waals surface area contributed by atoms with Crippen molar-refractivity contribution in [3.05, 3.63) is 71.3 Å². The second-order valence-electron chi connectivity index (χ2n) is 6.40. The number of amides is 2. The normalized spacial score (nSPS) is 12.6. The number of carbonyl (C=O) groups is 2. The van der Waals surface area contributed by atoms with Crippen molar-refractivity contribution in [3.8, 4) is 0 Å². The topological polar surface area (TPSA) is 98.7 Å². The van der Waals surface area contributed by atoms with E-state index < -0.39 is 23.5 Å². The first-order valence-corrected chi connectivity index (χ1v) is 8.11. The van der Waals surface area contributed by atoms with E-state index in [0.717, 1.165) is 11.1 Å². The van der Waals surface area contributed by atoms with Crippen LogP contribution in [0.25, 0.3) is 12.2 Å². The minimum Gasteiger partial charge on any atom is -0.388 e. The SMILES string of the molecule is CC(C)(O)[C@H](NC(=O)c1ccc(/C=C/c2ccccc2)cc1)C(=O)NO. The zero-order chi connectivity index (χ0) is 19.2. The molecule has 0 spiro atoms. The molecule has 2 aromatic rings. The average Bonchev–Trinajstić information content (AvgIpc) is 2.64. The van der Waals surface area contributed by atoms with Crippen LogP contribution in [0.5, 0.6) is 0 Å². The highest BCUT2D eigenvalue weighted by atomic mass is 16.5. The Labute approximate surface area is 152 Å². The lowest BCUT2D eigenvalue weighted by molar-refractivity contribution is -0.136. The maximum atomic E-state index is 12.3. The fourth-order valence-corrected chi connectivity index (χ4v) is 2.34. The van der Waals surface area contributed by atoms with Crippen LogP contribution in [0.15, 0.2) is 54.6 Å². The van der Waals surface area contributed by atoms with E-state index in [0.29, 0.717) is 5.56 Å². The Kier molecular flexibility index (Phi) is 6.27. The molecule has 0 heterocycles. The molecule has 1 atom stereocenters. The highest BCUT2D eigenvalue weighted by Crippen LogP contribution is 2.12. The van der Waals surface area contributed by atoms with Gasteiger partial charge in [-0.15, -0.1) is 0 Å². The zero-order valence-corrected chi connectivity index (χ0v) is 14.6. The van der Waals surface area contributed by atoms with Crippen LogP contribution in [-0.2, 0) is 4.79 Å². The number of nitrogens with one attached hydrogen (secondary N) is 2. The Morgan fingerprint density at radius 2 is 1.50 bits per heavy atom. The van der Waals surface area contributed by atoms with Gasteiger partial charge in [-0.3, -0.25) is 14.8 Å². The minimum atomic E-state index is -1.54. The summed E-state index contributed by atoms with van der Waals surface area (Å²) in [6, 6.07) is 15.3. The van der Waals surface area contributed by atoms with Crippen LogP contribution in [0, 0.1) is 0 Å². The van der Waals surface area contributed by atoms with Crippen molar-refractivity contribution in [3.63, 3.8) is 0 Å². The summed E-state index contributed by atoms with van der Waals surface area (Å²) in [5.41, 5.74) is 2.22. The third-order valence-electron chi connectivity index (χ3n) is 3.79. The summed E-state index contributed by atoms with van der Waals surface area (Å²) >= 11 is 0. The molecule has 0 aromatic heterocycles. The van der Waals surface area contributed by atoms with Crippen molar-refractivity contribution in [2.24, 2.45) is 0 Å². The Balaban J connectivity index is 2.08. The molecule has 0 aliphatic rings. The van der Waals surface area contributed by atoms with Crippen LogP contribution >= 0.6 is 0 Å². The van der Waals surface area contributed by atoms with Crippen molar-refractivity contribution < 1.29 is 19.9 Å². The molecule has 0 saturated heterocycles. The van der Waals surface area contributed by atoms with E-state index in [1.165, 1.54) is 19.3 Å². The van der Waals surface area contributed by atoms with Gasteiger partial charge in [0.05, 0.1) is 5.60 Å². The molecule has 136 valence electrons. The summed E-state index contributed by atoms with van der Waals surface area (Å²) < 4.78 is 0. The van der Waals surface area contributed by atoms with Crippen LogP contribution in [-0.4, -0.2) is 33.8 Å². The number of carbonyl (C=O) groups excluding carboxylic acids is 2. The number of aliphatic hydroxyl groups is 1. The lowest BCUT2D eigenvalue weighted by Gasteiger charge is -2.28. The maximum Gasteiger partial charge on any atom is 0.268 e. The second kappa shape index (κ2) is 8.42. The van der Waals surface area contributed by atoms with Gasteiger partial charge in [0.15, 0.2) is 0 Å². The van der Waals surface area contributed by atoms with Gasteiger partial charge in [0, 0.05) is 5.56 Å². The van der Waals surface area contributed by atoms with E-state index in [2.05, 4.69) is 5.32 Å². The summed E-state index contributed by atoms with van der Waals surface area (Å²) in [6.07, 6.45) is 3.89. The molecule has 2 rings (SSSR count). The first-order chi connectivity index (χ1) is 12.3. The van der Waals surface area contributed by atoms with Gasteiger partial charge < -0.3 is 10.4 Å². The van der Waals surface area contributed by atoms with Gasteiger partial charge in [0.25, 0.3) is 11.8 Å². The van der Waals surface area contributed by atoms with Crippen LogP contribution in [0.4, 0.5) is 0 Å². The molecule has 0 bridgehead atoms. The third-order valence-corrected chi connectivity index (χ3v) is 3.79. The molecule has 6 nitrogen and oxygen atoms in total. The Hall–Kier alpha value is -2.96. The molecule has 0 aliphatic carbocycles. The standard InChI is InChI=1S/C20H22N2O4/c1-20(2,25)17(19(24)22-26)21-18(23)16-12-10-15(11-13-16)9-8-14-6-4-3-5-7-14/h3-13,17,25-26H,1-2H3,(H,21,23)(H,22,24)/b9-8+/t17-/m1/s1. The Morgan fingerprint density at radius 1 is 0.962 bits per heavy atom. The van der Waals surface area contributed by atoms with Gasteiger partial charge in [0.1, 0.15) is 6.04 Å². The van der Waals surface area contributed by atoms with Crippen LogP contribution < -0.4 is 10.8 Å². The van der Waals surface area contributed by atoms with E-state index in [-0.39, 0.29) is 0 Å². The van der Waals surface area contributed by atoms with Crippen LogP contribution in [0.2, 0.25) is 0 Å². The number of rotatable bonds is 6. The number of hydrogen-bond acceptors (Lipinski definition) is 4. The van der Waals surface area contributed by atoms with Gasteiger partial charge in [-0.25, -0.2) is 5.48 Å². The molecule has 2 aromatic carbocycles. The smallest absolute Gasteiger partial charge is 0.268 e. The van der Waals surface area contributed by atoms with Gasteiger partial charge in [-0.1, -0.05) is 54.6 Å². The molecule has 2 amide bonds. The predicted molar refractivity (Wildman–Crippen MR) is 99.3 cm³/mol. The highest BCUT2D eigenvalue weighted by Gasteiger charge is 2.34. The van der Waals surface area contributed by atoms with Crippen molar-refractivity contribution in [2.75, 3.05) is 0 Å². The summed E-state index contributed by atoms with van der Waals surface area (Å²) in [4.78, 5) is 24.0. The first kappa shape index (κ1) is 19.4. The Bertz CT molecular complexity index is 778. The predicted octanol–water partition coefficient (Wildman–Crippen LogP) is 2.23. The molecule has 0 fully saturated rings.